The van der Waals surface area contributed by atoms with Crippen molar-refractivity contribution in [2.45, 2.75) is 0 Å². The van der Waals surface area contributed by atoms with E-state index in [1.54, 1.807) is 6.08 Å². The first-order valence-electron chi connectivity index (χ1n) is 2.52. The highest BCUT2D eigenvalue weighted by atomic mass is 13.8. The van der Waals surface area contributed by atoms with Crippen LogP contribution in [0.25, 0.3) is 6.08 Å². The van der Waals surface area contributed by atoms with E-state index in [1.807, 2.05) is 24.3 Å². The molecule has 0 amide bonds. The highest BCUT2D eigenvalue weighted by Gasteiger charge is 1.76. The molecule has 0 aliphatic carbocycles. The van der Waals surface area contributed by atoms with Crippen molar-refractivity contribution < 1.29 is 0 Å². The molecule has 1 aromatic rings. The Kier molecular flexibility index (Phi) is 1.48. The summed E-state index contributed by atoms with van der Waals surface area (Å²) in [5, 5.41) is 0. The third-order valence-electron chi connectivity index (χ3n) is 0.953. The first-order valence-corrected chi connectivity index (χ1v) is 2.52. The van der Waals surface area contributed by atoms with E-state index in [4.69, 9.17) is 0 Å². The molecule has 0 spiro atoms. The third kappa shape index (κ3) is 0.969. The maximum Gasteiger partial charge on any atom is -0.0106 e. The Bertz CT molecular complexity index is 163. The van der Waals surface area contributed by atoms with Crippen molar-refractivity contribution in [1.29, 1.82) is 0 Å². The van der Waals surface area contributed by atoms with Crippen LogP contribution in [0.15, 0.2) is 30.8 Å². The van der Waals surface area contributed by atoms with Gasteiger partial charge in [-0.1, -0.05) is 36.9 Å². The van der Waals surface area contributed by atoms with Gasteiger partial charge in [0, 0.05) is 0 Å². The lowest BCUT2D eigenvalue weighted by Crippen LogP contribution is -1.65. The summed E-state index contributed by atoms with van der Waals surface area (Å²) in [6, 6.07) is 10.7. The summed E-state index contributed by atoms with van der Waals surface area (Å²) in [5.41, 5.74) is 1.05. The van der Waals surface area contributed by atoms with Gasteiger partial charge in [0.05, 0.1) is 0 Å². The lowest BCUT2D eigenvalue weighted by atomic mass is 10.2. The second kappa shape index (κ2) is 2.31. The zero-order valence-electron chi connectivity index (χ0n) is 4.59. The molecule has 0 saturated heterocycles. The van der Waals surface area contributed by atoms with Gasteiger partial charge in [-0.05, 0) is 11.6 Å². The van der Waals surface area contributed by atoms with Gasteiger partial charge in [0.1, 0.15) is 0 Å². The smallest absolute Gasteiger partial charge is 0.0106 e. The van der Waals surface area contributed by atoms with Crippen LogP contribution in [0, 0.1) is 6.07 Å². The van der Waals surface area contributed by atoms with Crippen molar-refractivity contribution in [2.75, 3.05) is 0 Å². The van der Waals surface area contributed by atoms with Crippen molar-refractivity contribution in [3.63, 3.8) is 0 Å². The average Bonchev–Trinajstić information content (AvgIpc) is 1.90. The second-order valence-corrected chi connectivity index (χ2v) is 1.52. The molecule has 39 valence electrons. The zero-order chi connectivity index (χ0) is 5.82. The highest BCUT2D eigenvalue weighted by molar-refractivity contribution is 5.44. The minimum absolute atomic E-state index is 1.05. The molecule has 1 radical (unpaired) electrons. The van der Waals surface area contributed by atoms with Crippen LogP contribution in [-0.4, -0.2) is 0 Å². The summed E-state index contributed by atoms with van der Waals surface area (Å²) in [7, 11) is 0. The monoisotopic (exact) mass is 103 g/mol. The van der Waals surface area contributed by atoms with E-state index in [-0.39, 0.29) is 0 Å². The van der Waals surface area contributed by atoms with Crippen LogP contribution in [0.1, 0.15) is 5.56 Å². The summed E-state index contributed by atoms with van der Waals surface area (Å²) in [6.07, 6.45) is 1.78. The Balaban J connectivity index is 2.99. The molecule has 0 aliphatic rings. The van der Waals surface area contributed by atoms with Crippen molar-refractivity contribution in [3.8, 4) is 0 Å². The molecule has 0 atom stereocenters. The average molecular weight is 103 g/mol. The molecule has 0 nitrogen and oxygen atoms in total. The minimum Gasteiger partial charge on any atom is -0.0984 e. The lowest BCUT2D eigenvalue weighted by molar-refractivity contribution is 1.65. The summed E-state index contributed by atoms with van der Waals surface area (Å²) < 4.78 is 0. The first-order chi connectivity index (χ1) is 3.93. The fourth-order valence-electron chi connectivity index (χ4n) is 0.534. The Morgan fingerprint density at radius 1 is 1.50 bits per heavy atom. The van der Waals surface area contributed by atoms with Gasteiger partial charge < -0.3 is 0 Å². The van der Waals surface area contributed by atoms with E-state index in [0.29, 0.717) is 0 Å². The third-order valence-corrected chi connectivity index (χ3v) is 0.953. The molecule has 0 N–H and O–H groups in total. The summed E-state index contributed by atoms with van der Waals surface area (Å²) in [5.74, 6) is 0. The first kappa shape index (κ1) is 5.10. The molecule has 0 heterocycles. The molecule has 0 bridgehead atoms. The van der Waals surface area contributed by atoms with E-state index in [0.717, 1.165) is 5.56 Å². The van der Waals surface area contributed by atoms with E-state index >= 15 is 0 Å². The predicted octanol–water partition coefficient (Wildman–Crippen LogP) is 2.13. The molecule has 0 unspecified atom stereocenters. The number of rotatable bonds is 1. The van der Waals surface area contributed by atoms with Gasteiger partial charge in [-0.2, -0.15) is 0 Å². The van der Waals surface area contributed by atoms with Crippen LogP contribution in [0.5, 0.6) is 0 Å². The van der Waals surface area contributed by atoms with E-state index in [9.17, 15) is 0 Å². The summed E-state index contributed by atoms with van der Waals surface area (Å²) in [4.78, 5) is 0. The van der Waals surface area contributed by atoms with Gasteiger partial charge in [-0.3, -0.25) is 0 Å². The van der Waals surface area contributed by atoms with Crippen molar-refractivity contribution in [3.05, 3.63) is 42.5 Å². The van der Waals surface area contributed by atoms with E-state index in [1.165, 1.54) is 0 Å². The molecule has 1 aromatic carbocycles. The van der Waals surface area contributed by atoms with Crippen molar-refractivity contribution in [1.82, 2.24) is 0 Å². The van der Waals surface area contributed by atoms with Crippen molar-refractivity contribution >= 4 is 6.08 Å². The number of hydrogen-bond acceptors (Lipinski definition) is 0. The quantitative estimate of drug-likeness (QED) is 0.510. The molecule has 0 fully saturated rings. The van der Waals surface area contributed by atoms with Gasteiger partial charge in [-0.15, -0.1) is 0 Å². The molecule has 0 saturated carbocycles. The predicted molar refractivity (Wildman–Crippen MR) is 35.4 cm³/mol. The number of hydrogen-bond donors (Lipinski definition) is 0. The molecular weight excluding hydrogens is 96.1 g/mol. The molecule has 1 rings (SSSR count). The second-order valence-electron chi connectivity index (χ2n) is 1.52. The number of benzene rings is 1. The SMILES string of the molecule is C=Cc1[c]cccc1. The standard InChI is InChI=1S/C8H7/c1-2-8-6-4-3-5-7-8/h2-6H,1H2. The van der Waals surface area contributed by atoms with Crippen LogP contribution >= 0.6 is 0 Å². The van der Waals surface area contributed by atoms with Crippen LogP contribution < -0.4 is 0 Å². The van der Waals surface area contributed by atoms with Gasteiger partial charge in [0.25, 0.3) is 0 Å². The van der Waals surface area contributed by atoms with Crippen LogP contribution in [0.4, 0.5) is 0 Å². The Morgan fingerprint density at radius 2 is 2.38 bits per heavy atom. The summed E-state index contributed by atoms with van der Waals surface area (Å²) >= 11 is 0. The fourth-order valence-corrected chi connectivity index (χ4v) is 0.534. The van der Waals surface area contributed by atoms with Gasteiger partial charge in [-0.25, -0.2) is 0 Å². The Labute approximate surface area is 49.5 Å². The van der Waals surface area contributed by atoms with Gasteiger partial charge in [0.15, 0.2) is 0 Å². The van der Waals surface area contributed by atoms with Crippen LogP contribution in [-0.2, 0) is 0 Å². The molecule has 0 aliphatic heterocycles. The van der Waals surface area contributed by atoms with Gasteiger partial charge in [0.2, 0.25) is 0 Å². The topological polar surface area (TPSA) is 0 Å². The Hall–Kier alpha value is -1.04. The lowest BCUT2D eigenvalue weighted by Gasteiger charge is -1.84. The van der Waals surface area contributed by atoms with Crippen LogP contribution in [0.3, 0.4) is 0 Å². The molecule has 0 aromatic heterocycles. The fraction of sp³-hybridized carbons (Fsp3) is 0. The van der Waals surface area contributed by atoms with E-state index < -0.39 is 0 Å². The van der Waals surface area contributed by atoms with E-state index in [2.05, 4.69) is 12.6 Å². The maximum atomic E-state index is 3.60. The normalized spacial score (nSPS) is 8.50. The largest absolute Gasteiger partial charge is 0.0984 e. The molecule has 0 heteroatoms. The van der Waals surface area contributed by atoms with Crippen LogP contribution in [0.2, 0.25) is 0 Å². The van der Waals surface area contributed by atoms with Gasteiger partial charge >= 0.3 is 0 Å². The molecular formula is C8H7. The van der Waals surface area contributed by atoms with Crippen molar-refractivity contribution in [2.24, 2.45) is 0 Å². The zero-order valence-corrected chi connectivity index (χ0v) is 4.59. The molecule has 8 heavy (non-hydrogen) atoms. The highest BCUT2D eigenvalue weighted by Crippen LogP contribution is 1.96. The minimum atomic E-state index is 1.05. The summed E-state index contributed by atoms with van der Waals surface area (Å²) in [6.45, 7) is 3.60. The Morgan fingerprint density at radius 3 is 2.75 bits per heavy atom. The maximum absolute atomic E-state index is 3.60.